The van der Waals surface area contributed by atoms with Crippen molar-refractivity contribution >= 4 is 12.7 Å². The van der Waals surface area contributed by atoms with Crippen LogP contribution in [0.25, 0.3) is 0 Å². The van der Waals surface area contributed by atoms with Crippen LogP contribution >= 0.6 is 0 Å². The second kappa shape index (κ2) is 4.63. The van der Waals surface area contributed by atoms with E-state index in [2.05, 4.69) is 9.72 Å². The lowest BCUT2D eigenvalue weighted by Crippen LogP contribution is -2.41. The maximum atomic E-state index is 12.0. The molecule has 1 aromatic rings. The first-order valence-electron chi connectivity index (χ1n) is 6.07. The zero-order chi connectivity index (χ0) is 15.2. The molecule has 0 atom stereocenters. The van der Waals surface area contributed by atoms with Crippen LogP contribution in [0.4, 0.5) is 13.2 Å². The van der Waals surface area contributed by atoms with Crippen LogP contribution in [-0.4, -0.2) is 29.7 Å². The third-order valence-electron chi connectivity index (χ3n) is 3.49. The molecule has 0 saturated carbocycles. The molecule has 110 valence electrons. The van der Waals surface area contributed by atoms with Crippen molar-refractivity contribution in [2.24, 2.45) is 0 Å². The molecule has 1 saturated heterocycles. The Morgan fingerprint density at radius 2 is 1.65 bits per heavy atom. The Balaban J connectivity index is 2.12. The second-order valence-corrected chi connectivity index (χ2v) is 5.55. The molecule has 1 aliphatic heterocycles. The van der Waals surface area contributed by atoms with Crippen molar-refractivity contribution in [1.82, 2.24) is 4.98 Å². The number of hydrogen-bond donors (Lipinski definition) is 0. The Bertz CT molecular complexity index is 472. The van der Waals surface area contributed by atoms with Crippen LogP contribution in [0.5, 0.6) is 5.75 Å². The molecule has 0 aliphatic carbocycles. The van der Waals surface area contributed by atoms with Crippen LogP contribution in [0.2, 0.25) is 0 Å². The summed E-state index contributed by atoms with van der Waals surface area (Å²) in [6.07, 6.45) is -3.73. The molecule has 1 fully saturated rings. The number of rotatable bonds is 2. The summed E-state index contributed by atoms with van der Waals surface area (Å²) in [5.74, 6) is -0.377. The van der Waals surface area contributed by atoms with E-state index < -0.39 is 24.7 Å². The molecule has 8 heteroatoms. The van der Waals surface area contributed by atoms with Crippen LogP contribution in [0.15, 0.2) is 18.3 Å². The van der Waals surface area contributed by atoms with Crippen LogP contribution in [-0.2, 0) is 9.31 Å². The van der Waals surface area contributed by atoms with Crippen LogP contribution in [0.1, 0.15) is 27.7 Å². The molecule has 0 N–H and O–H groups in total. The highest BCUT2D eigenvalue weighted by atomic mass is 19.4. The summed E-state index contributed by atoms with van der Waals surface area (Å²) in [5, 5.41) is 0. The van der Waals surface area contributed by atoms with Gasteiger partial charge in [-0.2, -0.15) is 0 Å². The van der Waals surface area contributed by atoms with Gasteiger partial charge in [-0.3, -0.25) is 4.98 Å². The van der Waals surface area contributed by atoms with Crippen molar-refractivity contribution < 1.29 is 27.2 Å². The highest BCUT2D eigenvalue weighted by Crippen LogP contribution is 2.36. The van der Waals surface area contributed by atoms with Gasteiger partial charge in [0.1, 0.15) is 5.75 Å². The molecule has 1 aliphatic rings. The van der Waals surface area contributed by atoms with Gasteiger partial charge in [-0.15, -0.1) is 13.2 Å². The Morgan fingerprint density at radius 3 is 2.05 bits per heavy atom. The highest BCUT2D eigenvalue weighted by molar-refractivity contribution is 6.61. The van der Waals surface area contributed by atoms with E-state index in [1.54, 1.807) is 0 Å². The molecule has 4 nitrogen and oxygen atoms in total. The van der Waals surface area contributed by atoms with Gasteiger partial charge in [0.15, 0.2) is 0 Å². The van der Waals surface area contributed by atoms with Gasteiger partial charge in [-0.25, -0.2) is 0 Å². The zero-order valence-corrected chi connectivity index (χ0v) is 11.6. The summed E-state index contributed by atoms with van der Waals surface area (Å²) in [7, 11) is -0.708. The summed E-state index contributed by atoms with van der Waals surface area (Å²) in [6.45, 7) is 7.53. The van der Waals surface area contributed by atoms with Gasteiger partial charge in [0, 0.05) is 0 Å². The fourth-order valence-corrected chi connectivity index (χ4v) is 1.69. The van der Waals surface area contributed by atoms with E-state index in [1.165, 1.54) is 12.1 Å². The lowest BCUT2D eigenvalue weighted by molar-refractivity contribution is -0.274. The average Bonchev–Trinajstić information content (AvgIpc) is 2.47. The van der Waals surface area contributed by atoms with E-state index in [4.69, 9.17) is 9.31 Å². The molecule has 0 amide bonds. The van der Waals surface area contributed by atoms with Gasteiger partial charge in [0.05, 0.1) is 23.0 Å². The monoisotopic (exact) mass is 289 g/mol. The molecule has 2 rings (SSSR count). The molecular formula is C12H15BF3NO3. The third-order valence-corrected chi connectivity index (χ3v) is 3.49. The van der Waals surface area contributed by atoms with Crippen molar-refractivity contribution in [2.75, 3.05) is 0 Å². The van der Waals surface area contributed by atoms with E-state index in [0.29, 0.717) is 5.59 Å². The van der Waals surface area contributed by atoms with Crippen molar-refractivity contribution in [3.8, 4) is 5.75 Å². The molecule has 2 heterocycles. The molecule has 1 aromatic heterocycles. The number of aromatic nitrogens is 1. The zero-order valence-electron chi connectivity index (χ0n) is 11.6. The Hall–Kier alpha value is -1.28. The normalized spacial score (nSPS) is 21.1. The van der Waals surface area contributed by atoms with E-state index in [0.717, 1.165) is 6.20 Å². The molecule has 0 unspecified atom stereocenters. The Kier molecular flexibility index (Phi) is 3.50. The van der Waals surface area contributed by atoms with Gasteiger partial charge in [0.25, 0.3) is 0 Å². The summed E-state index contributed by atoms with van der Waals surface area (Å²) in [4.78, 5) is 3.90. The van der Waals surface area contributed by atoms with E-state index in [-0.39, 0.29) is 5.75 Å². The van der Waals surface area contributed by atoms with Crippen LogP contribution in [0.3, 0.4) is 0 Å². The number of ether oxygens (including phenoxy) is 1. The number of halogens is 3. The third kappa shape index (κ3) is 3.07. The molecule has 0 spiro atoms. The highest BCUT2D eigenvalue weighted by Gasteiger charge is 2.52. The molecule has 0 bridgehead atoms. The maximum Gasteiger partial charge on any atom is 0.573 e. The first-order chi connectivity index (χ1) is 9.00. The molecule has 20 heavy (non-hydrogen) atoms. The predicted molar refractivity (Wildman–Crippen MR) is 66.6 cm³/mol. The standard InChI is InChI=1S/C12H15BF3NO3/c1-10(2)11(3,4)20-13(19-10)9-6-5-8(7-17-9)18-12(14,15)16/h5-7H,1-4H3. The lowest BCUT2D eigenvalue weighted by Gasteiger charge is -2.32. The summed E-state index contributed by atoms with van der Waals surface area (Å²) < 4.78 is 51.4. The molecular weight excluding hydrogens is 274 g/mol. The quantitative estimate of drug-likeness (QED) is 0.783. The van der Waals surface area contributed by atoms with Gasteiger partial charge in [-0.05, 0) is 39.8 Å². The fraction of sp³-hybridized carbons (Fsp3) is 0.583. The largest absolute Gasteiger partial charge is 0.573 e. The lowest BCUT2D eigenvalue weighted by atomic mass is 9.84. The van der Waals surface area contributed by atoms with Gasteiger partial charge in [0.2, 0.25) is 0 Å². The number of nitrogens with zero attached hydrogens (tertiary/aromatic N) is 1. The number of hydrogen-bond acceptors (Lipinski definition) is 4. The Labute approximate surface area is 115 Å². The fourth-order valence-electron chi connectivity index (χ4n) is 1.69. The summed E-state index contributed by atoms with van der Waals surface area (Å²) in [6, 6.07) is 2.57. The second-order valence-electron chi connectivity index (χ2n) is 5.55. The van der Waals surface area contributed by atoms with E-state index >= 15 is 0 Å². The van der Waals surface area contributed by atoms with Gasteiger partial charge < -0.3 is 14.0 Å². The topological polar surface area (TPSA) is 40.6 Å². The first-order valence-corrected chi connectivity index (χ1v) is 6.07. The minimum absolute atomic E-state index is 0.377. The number of alkyl halides is 3. The maximum absolute atomic E-state index is 12.0. The van der Waals surface area contributed by atoms with Crippen LogP contribution < -0.4 is 10.3 Å². The summed E-state index contributed by atoms with van der Waals surface area (Å²) in [5.41, 5.74) is -0.654. The van der Waals surface area contributed by atoms with Crippen molar-refractivity contribution in [3.63, 3.8) is 0 Å². The van der Waals surface area contributed by atoms with E-state index in [9.17, 15) is 13.2 Å². The van der Waals surface area contributed by atoms with E-state index in [1.807, 2.05) is 27.7 Å². The molecule has 0 aromatic carbocycles. The SMILES string of the molecule is CC1(C)OB(c2ccc(OC(F)(F)F)cn2)OC1(C)C. The van der Waals surface area contributed by atoms with Crippen molar-refractivity contribution in [3.05, 3.63) is 18.3 Å². The Morgan fingerprint density at radius 1 is 1.10 bits per heavy atom. The summed E-state index contributed by atoms with van der Waals surface area (Å²) >= 11 is 0. The average molecular weight is 289 g/mol. The predicted octanol–water partition coefficient (Wildman–Crippen LogP) is 2.28. The van der Waals surface area contributed by atoms with Crippen molar-refractivity contribution in [2.45, 2.75) is 45.3 Å². The van der Waals surface area contributed by atoms with Crippen molar-refractivity contribution in [1.29, 1.82) is 0 Å². The van der Waals surface area contributed by atoms with Gasteiger partial charge >= 0.3 is 13.5 Å². The molecule has 0 radical (unpaired) electrons. The number of pyridine rings is 1. The smallest absolute Gasteiger partial charge is 0.404 e. The minimum Gasteiger partial charge on any atom is -0.404 e. The van der Waals surface area contributed by atoms with Crippen LogP contribution in [0, 0.1) is 0 Å². The minimum atomic E-state index is -4.73. The van der Waals surface area contributed by atoms with Gasteiger partial charge in [-0.1, -0.05) is 0 Å². The first kappa shape index (κ1) is 15.1.